The van der Waals surface area contributed by atoms with Crippen LogP contribution in [0.15, 0.2) is 0 Å². The molecule has 0 aliphatic carbocycles. The van der Waals surface area contributed by atoms with Crippen molar-refractivity contribution in [3.05, 3.63) is 0 Å². The topological polar surface area (TPSA) is 75.8 Å². The Morgan fingerprint density at radius 2 is 2.31 bits per heavy atom. The summed E-state index contributed by atoms with van der Waals surface area (Å²) in [6.07, 6.45) is 0.213. The van der Waals surface area contributed by atoms with Crippen molar-refractivity contribution < 1.29 is 14.6 Å². The molecule has 0 saturated carbocycles. The van der Waals surface area contributed by atoms with Gasteiger partial charge in [-0.25, -0.2) is 0 Å². The number of morpholine rings is 1. The van der Waals surface area contributed by atoms with Gasteiger partial charge in [-0.05, 0) is 19.4 Å². The molecule has 1 heterocycles. The number of amides is 1. The van der Waals surface area contributed by atoms with Crippen LogP contribution in [0.5, 0.6) is 0 Å². The lowest BCUT2D eigenvalue weighted by Crippen LogP contribution is -2.50. The Balaban J connectivity index is 2.48. The summed E-state index contributed by atoms with van der Waals surface area (Å²) in [7, 11) is 0. The highest BCUT2D eigenvalue weighted by molar-refractivity contribution is 5.76. The highest BCUT2D eigenvalue weighted by Gasteiger charge is 2.28. The first-order valence-corrected chi connectivity index (χ1v) is 5.81. The molecule has 0 spiro atoms. The van der Waals surface area contributed by atoms with Gasteiger partial charge in [-0.2, -0.15) is 0 Å². The number of hydrogen-bond acceptors (Lipinski definition) is 4. The highest BCUT2D eigenvalue weighted by atomic mass is 16.5. The van der Waals surface area contributed by atoms with Crippen LogP contribution in [-0.2, 0) is 9.53 Å². The third-order valence-corrected chi connectivity index (χ3v) is 2.81. The Morgan fingerprint density at radius 3 is 2.88 bits per heavy atom. The minimum atomic E-state index is -0.249. The van der Waals surface area contributed by atoms with E-state index in [1.165, 1.54) is 0 Å². The molecule has 94 valence electrons. The van der Waals surface area contributed by atoms with Crippen molar-refractivity contribution in [1.29, 1.82) is 0 Å². The van der Waals surface area contributed by atoms with E-state index in [0.29, 0.717) is 26.1 Å². The van der Waals surface area contributed by atoms with Crippen LogP contribution >= 0.6 is 0 Å². The summed E-state index contributed by atoms with van der Waals surface area (Å²) in [5, 5.41) is 9.05. The molecule has 0 aromatic rings. The van der Waals surface area contributed by atoms with Crippen molar-refractivity contribution in [2.45, 2.75) is 32.5 Å². The monoisotopic (exact) mass is 230 g/mol. The van der Waals surface area contributed by atoms with Crippen LogP contribution in [0.4, 0.5) is 0 Å². The molecule has 0 aromatic heterocycles. The number of hydrogen-bond donors (Lipinski definition) is 2. The maximum atomic E-state index is 11.9. The lowest BCUT2D eigenvalue weighted by molar-refractivity contribution is -0.147. The average Bonchev–Trinajstić information content (AvgIpc) is 2.27. The molecule has 1 rings (SSSR count). The summed E-state index contributed by atoms with van der Waals surface area (Å²) < 4.78 is 5.48. The van der Waals surface area contributed by atoms with Gasteiger partial charge >= 0.3 is 0 Å². The normalized spacial score (nSPS) is 27.9. The molecule has 16 heavy (non-hydrogen) atoms. The number of carbonyl (C=O) groups excluding carboxylic acids is 1. The van der Waals surface area contributed by atoms with E-state index in [1.54, 1.807) is 4.90 Å². The van der Waals surface area contributed by atoms with Crippen LogP contribution in [0.25, 0.3) is 0 Å². The second-order valence-electron chi connectivity index (χ2n) is 4.60. The number of aliphatic hydroxyl groups excluding tert-OH is 1. The van der Waals surface area contributed by atoms with Crippen molar-refractivity contribution in [1.82, 2.24) is 4.90 Å². The smallest absolute Gasteiger partial charge is 0.223 e. The van der Waals surface area contributed by atoms with E-state index in [1.807, 2.05) is 13.8 Å². The highest BCUT2D eigenvalue weighted by Crippen LogP contribution is 2.13. The Bertz CT molecular complexity index is 235. The summed E-state index contributed by atoms with van der Waals surface area (Å²) in [6.45, 7) is 5.44. The molecule has 0 radical (unpaired) electrons. The van der Waals surface area contributed by atoms with Gasteiger partial charge in [-0.1, -0.05) is 6.92 Å². The second-order valence-corrected chi connectivity index (χ2v) is 4.60. The summed E-state index contributed by atoms with van der Waals surface area (Å²) in [5.41, 5.74) is 5.50. The molecule has 1 aliphatic rings. The number of rotatable bonds is 4. The lowest BCUT2D eigenvalue weighted by Gasteiger charge is -2.36. The zero-order valence-corrected chi connectivity index (χ0v) is 10.1. The average molecular weight is 230 g/mol. The van der Waals surface area contributed by atoms with Crippen LogP contribution in [0.1, 0.15) is 20.3 Å². The van der Waals surface area contributed by atoms with Crippen LogP contribution in [0, 0.1) is 5.92 Å². The molecule has 5 nitrogen and oxygen atoms in total. The molecule has 3 atom stereocenters. The van der Waals surface area contributed by atoms with Crippen LogP contribution in [0.2, 0.25) is 0 Å². The van der Waals surface area contributed by atoms with E-state index >= 15 is 0 Å². The first-order valence-electron chi connectivity index (χ1n) is 5.81. The Labute approximate surface area is 96.6 Å². The van der Waals surface area contributed by atoms with Gasteiger partial charge in [0.25, 0.3) is 0 Å². The van der Waals surface area contributed by atoms with Crippen molar-refractivity contribution in [2.24, 2.45) is 11.7 Å². The lowest BCUT2D eigenvalue weighted by atomic mass is 10.1. The van der Waals surface area contributed by atoms with E-state index in [4.69, 9.17) is 15.6 Å². The molecule has 1 amide bonds. The standard InChI is InChI=1S/C11H22N2O3/c1-8(4-12)3-11(15)13-5-9(2)16-10(6-13)7-14/h8-10,14H,3-7,12H2,1-2H3. The Kier molecular flexibility index (Phi) is 5.18. The molecule has 1 fully saturated rings. The maximum Gasteiger partial charge on any atom is 0.223 e. The van der Waals surface area contributed by atoms with Crippen molar-refractivity contribution >= 4 is 5.91 Å². The summed E-state index contributed by atoms with van der Waals surface area (Å²) in [6, 6.07) is 0. The fourth-order valence-electron chi connectivity index (χ4n) is 1.86. The van der Waals surface area contributed by atoms with E-state index in [9.17, 15) is 4.79 Å². The van der Waals surface area contributed by atoms with E-state index < -0.39 is 0 Å². The molecule has 1 saturated heterocycles. The summed E-state index contributed by atoms with van der Waals surface area (Å²) in [4.78, 5) is 13.7. The largest absolute Gasteiger partial charge is 0.394 e. The van der Waals surface area contributed by atoms with Crippen LogP contribution in [0.3, 0.4) is 0 Å². The van der Waals surface area contributed by atoms with Crippen LogP contribution in [-0.4, -0.2) is 54.4 Å². The first-order chi connectivity index (χ1) is 7.56. The fourth-order valence-corrected chi connectivity index (χ4v) is 1.86. The minimum absolute atomic E-state index is 0.0111. The molecule has 0 bridgehead atoms. The number of nitrogens with zero attached hydrogens (tertiary/aromatic N) is 1. The predicted molar refractivity (Wildman–Crippen MR) is 60.8 cm³/mol. The maximum absolute atomic E-state index is 11.9. The van der Waals surface area contributed by atoms with E-state index in [-0.39, 0.29) is 30.6 Å². The van der Waals surface area contributed by atoms with Crippen molar-refractivity contribution in [2.75, 3.05) is 26.2 Å². The van der Waals surface area contributed by atoms with Crippen molar-refractivity contribution in [3.63, 3.8) is 0 Å². The number of carbonyl (C=O) groups is 1. The molecular formula is C11H22N2O3. The van der Waals surface area contributed by atoms with E-state index in [0.717, 1.165) is 0 Å². The molecule has 0 aromatic carbocycles. The van der Waals surface area contributed by atoms with Crippen LogP contribution < -0.4 is 5.73 Å². The molecular weight excluding hydrogens is 208 g/mol. The second kappa shape index (κ2) is 6.18. The van der Waals surface area contributed by atoms with Gasteiger partial charge < -0.3 is 20.5 Å². The van der Waals surface area contributed by atoms with Gasteiger partial charge in [0.2, 0.25) is 5.91 Å². The van der Waals surface area contributed by atoms with Gasteiger partial charge in [0.15, 0.2) is 0 Å². The number of ether oxygens (including phenoxy) is 1. The van der Waals surface area contributed by atoms with E-state index in [2.05, 4.69) is 0 Å². The third-order valence-electron chi connectivity index (χ3n) is 2.81. The van der Waals surface area contributed by atoms with Gasteiger partial charge in [-0.15, -0.1) is 0 Å². The quantitative estimate of drug-likeness (QED) is 0.688. The fraction of sp³-hybridized carbons (Fsp3) is 0.909. The van der Waals surface area contributed by atoms with Crippen molar-refractivity contribution in [3.8, 4) is 0 Å². The molecule has 3 unspecified atom stereocenters. The van der Waals surface area contributed by atoms with Gasteiger partial charge in [0.1, 0.15) is 0 Å². The zero-order chi connectivity index (χ0) is 12.1. The zero-order valence-electron chi connectivity index (χ0n) is 10.1. The Morgan fingerprint density at radius 1 is 1.62 bits per heavy atom. The molecule has 5 heteroatoms. The number of nitrogens with two attached hydrogens (primary N) is 1. The van der Waals surface area contributed by atoms with Gasteiger partial charge in [0.05, 0.1) is 18.8 Å². The predicted octanol–water partition coefficient (Wildman–Crippen LogP) is -0.420. The minimum Gasteiger partial charge on any atom is -0.394 e. The Hall–Kier alpha value is -0.650. The van der Waals surface area contributed by atoms with Gasteiger partial charge in [0, 0.05) is 19.5 Å². The SMILES string of the molecule is CC(CN)CC(=O)N1CC(C)OC(CO)C1. The number of aliphatic hydroxyl groups is 1. The molecule has 3 N–H and O–H groups in total. The third kappa shape index (κ3) is 3.73. The summed E-state index contributed by atoms with van der Waals surface area (Å²) >= 11 is 0. The van der Waals surface area contributed by atoms with Gasteiger partial charge in [-0.3, -0.25) is 4.79 Å². The summed E-state index contributed by atoms with van der Waals surface area (Å²) in [5.74, 6) is 0.310. The molecule has 1 aliphatic heterocycles. The first kappa shape index (κ1) is 13.4.